The number of carboxylic acids is 1. The number of hydrogen-bond acceptors (Lipinski definition) is 7. The molecule has 0 saturated heterocycles. The van der Waals surface area contributed by atoms with E-state index in [2.05, 4.69) is 6.58 Å². The Labute approximate surface area is 125 Å². The molecule has 0 aliphatic carbocycles. The summed E-state index contributed by atoms with van der Waals surface area (Å²) >= 11 is 0. The Hall–Kier alpha value is -1.03. The highest BCUT2D eigenvalue weighted by atomic mass is 16.5. The number of allylic oxidation sites excluding steroid dienone is 1. The lowest BCUT2D eigenvalue weighted by atomic mass is 10.3. The third kappa shape index (κ3) is 55.0. The van der Waals surface area contributed by atoms with Gasteiger partial charge >= 0.3 is 5.97 Å². The summed E-state index contributed by atoms with van der Waals surface area (Å²) in [6.45, 7) is 7.62. The van der Waals surface area contributed by atoms with Crippen LogP contribution in [-0.2, 0) is 4.79 Å². The number of aliphatic carboxylic acids is 1. The van der Waals surface area contributed by atoms with Crippen LogP contribution >= 0.6 is 0 Å². The lowest BCUT2D eigenvalue weighted by molar-refractivity contribution is -0.145. The quantitative estimate of drug-likeness (QED) is 0.253. The van der Waals surface area contributed by atoms with Gasteiger partial charge in [-0.05, 0) is 20.3 Å². The van der Waals surface area contributed by atoms with Crippen LogP contribution in [0, 0.1) is 0 Å². The molecule has 0 amide bonds. The van der Waals surface area contributed by atoms with Gasteiger partial charge < -0.3 is 35.7 Å². The highest BCUT2D eigenvalue weighted by Gasteiger charge is 2.01. The molecule has 0 aromatic rings. The first-order valence-corrected chi connectivity index (χ1v) is 6.38. The Bertz CT molecular complexity index is 202. The predicted octanol–water partition coefficient (Wildman–Crippen LogP) is -0.927. The predicted molar refractivity (Wildman–Crippen MR) is 78.5 cm³/mol. The van der Waals surface area contributed by atoms with E-state index in [1.165, 1.54) is 6.92 Å². The van der Waals surface area contributed by atoms with E-state index in [0.717, 1.165) is 6.42 Å². The summed E-state index contributed by atoms with van der Waals surface area (Å²) in [5.41, 5.74) is 0. The molecule has 0 aromatic heterocycles. The molecule has 0 rings (SSSR count). The largest absolute Gasteiger partial charge is 0.479 e. The second kappa shape index (κ2) is 24.0. The first-order valence-electron chi connectivity index (χ1n) is 6.38. The van der Waals surface area contributed by atoms with E-state index in [1.807, 2.05) is 13.8 Å². The van der Waals surface area contributed by atoms with Crippen molar-refractivity contribution < 1.29 is 40.5 Å². The monoisotopic (exact) mass is 314 g/mol. The molecule has 0 aliphatic heterocycles. The third-order valence-corrected chi connectivity index (χ3v) is 1.33. The fraction of sp³-hybridized carbons (Fsp3) is 0.769. The van der Waals surface area contributed by atoms with Crippen LogP contribution in [0.1, 0.15) is 33.6 Å². The molecule has 0 heterocycles. The zero-order valence-corrected chi connectivity index (χ0v) is 12.9. The summed E-state index contributed by atoms with van der Waals surface area (Å²) in [7, 11) is 0. The minimum Gasteiger partial charge on any atom is -0.479 e. The topological polar surface area (TPSA) is 159 Å². The molecule has 21 heavy (non-hydrogen) atoms. The van der Waals surface area contributed by atoms with Gasteiger partial charge in [0.1, 0.15) is 12.2 Å². The Balaban J connectivity index is -0.0000000944. The Morgan fingerprint density at radius 2 is 1.43 bits per heavy atom. The molecule has 130 valence electrons. The zero-order valence-electron chi connectivity index (χ0n) is 12.9. The van der Waals surface area contributed by atoms with Crippen molar-refractivity contribution >= 4 is 5.97 Å². The van der Waals surface area contributed by atoms with Gasteiger partial charge in [-0.15, -0.1) is 6.58 Å². The molecule has 0 bridgehead atoms. The van der Waals surface area contributed by atoms with Gasteiger partial charge in [-0.25, -0.2) is 4.79 Å². The van der Waals surface area contributed by atoms with E-state index in [-0.39, 0.29) is 13.2 Å². The molecule has 0 radical (unpaired) electrons. The van der Waals surface area contributed by atoms with Crippen LogP contribution in [0.5, 0.6) is 0 Å². The van der Waals surface area contributed by atoms with Crippen LogP contribution in [0.15, 0.2) is 12.7 Å². The number of hydrogen-bond donors (Lipinski definition) is 7. The number of rotatable bonds is 5. The maximum atomic E-state index is 9.45. The van der Waals surface area contributed by atoms with Gasteiger partial charge in [0.25, 0.3) is 0 Å². The van der Waals surface area contributed by atoms with Crippen molar-refractivity contribution in [1.82, 2.24) is 0 Å². The van der Waals surface area contributed by atoms with Crippen LogP contribution < -0.4 is 0 Å². The van der Waals surface area contributed by atoms with Gasteiger partial charge in [0.05, 0.1) is 13.2 Å². The van der Waals surface area contributed by atoms with Gasteiger partial charge in [0, 0.05) is 0 Å². The van der Waals surface area contributed by atoms with Gasteiger partial charge in [0.15, 0.2) is 6.29 Å². The molecule has 0 aliphatic rings. The highest BCUT2D eigenvalue weighted by Crippen LogP contribution is 1.88. The van der Waals surface area contributed by atoms with Crippen molar-refractivity contribution in [1.29, 1.82) is 0 Å². The van der Waals surface area contributed by atoms with Gasteiger partial charge in [-0.1, -0.05) is 19.4 Å². The molecule has 7 N–H and O–H groups in total. The molecular weight excluding hydrogens is 284 g/mol. The minimum atomic E-state index is -1.23. The number of carboxylic acid groups (broad SMARTS) is 1. The molecule has 0 saturated carbocycles. The van der Waals surface area contributed by atoms with Gasteiger partial charge in [0.2, 0.25) is 0 Å². The number of aliphatic hydroxyl groups is 6. The molecule has 8 nitrogen and oxygen atoms in total. The van der Waals surface area contributed by atoms with Crippen molar-refractivity contribution in [2.45, 2.75) is 52.1 Å². The highest BCUT2D eigenvalue weighted by molar-refractivity contribution is 5.71. The summed E-state index contributed by atoms with van der Waals surface area (Å²) < 4.78 is 0. The van der Waals surface area contributed by atoms with E-state index in [9.17, 15) is 4.79 Å². The van der Waals surface area contributed by atoms with E-state index < -0.39 is 24.5 Å². The van der Waals surface area contributed by atoms with Crippen molar-refractivity contribution in [3.63, 3.8) is 0 Å². The minimum absolute atomic E-state index is 0.365. The molecule has 0 spiro atoms. The smallest absolute Gasteiger partial charge is 0.332 e. The Morgan fingerprint density at radius 3 is 1.43 bits per heavy atom. The maximum Gasteiger partial charge on any atom is 0.332 e. The third-order valence-electron chi connectivity index (χ3n) is 1.33. The van der Waals surface area contributed by atoms with Crippen LogP contribution in [0.4, 0.5) is 0 Å². The second-order valence-corrected chi connectivity index (χ2v) is 3.71. The molecule has 0 aromatic carbocycles. The van der Waals surface area contributed by atoms with Crippen molar-refractivity contribution in [2.24, 2.45) is 0 Å². The molecule has 1 atom stereocenters. The Kier molecular flexibility index (Phi) is 32.2. The van der Waals surface area contributed by atoms with Crippen LogP contribution in [0.2, 0.25) is 0 Å². The Morgan fingerprint density at radius 1 is 1.14 bits per heavy atom. The second-order valence-electron chi connectivity index (χ2n) is 3.71. The summed E-state index contributed by atoms with van der Waals surface area (Å²) in [4.78, 5) is 9.45. The first kappa shape index (κ1) is 28.2. The molecular formula is C13H30O8. The van der Waals surface area contributed by atoms with E-state index in [4.69, 9.17) is 35.7 Å². The van der Waals surface area contributed by atoms with Crippen LogP contribution in [0.25, 0.3) is 0 Å². The molecule has 8 heteroatoms. The van der Waals surface area contributed by atoms with E-state index in [1.54, 1.807) is 6.08 Å². The van der Waals surface area contributed by atoms with Crippen molar-refractivity contribution in [3.05, 3.63) is 12.7 Å². The summed E-state index contributed by atoms with van der Waals surface area (Å²) in [6, 6.07) is 0. The van der Waals surface area contributed by atoms with E-state index in [0.29, 0.717) is 6.42 Å². The average molecular weight is 314 g/mol. The van der Waals surface area contributed by atoms with Gasteiger partial charge in [-0.2, -0.15) is 0 Å². The summed E-state index contributed by atoms with van der Waals surface area (Å²) in [5.74, 6) is -1.19. The molecule has 1 unspecified atom stereocenters. The van der Waals surface area contributed by atoms with Crippen LogP contribution in [0.3, 0.4) is 0 Å². The lowest BCUT2D eigenvalue weighted by Crippen LogP contribution is -2.15. The zero-order chi connectivity index (χ0) is 17.8. The summed E-state index contributed by atoms with van der Waals surface area (Å²) in [5, 5.41) is 56.0. The standard InChI is InChI=1S/C4H10O2.C3H8O3.C3H6O3.C3H6/c1-2-3-4(5)6;4-1-3(6)2-5;1-2(4)3(5)6;1-3-2/h4-6H,2-3H2,1H3;3-6H,1-2H2;2,4H,1H3,(H,5,6);3H,1H2,2H3. The van der Waals surface area contributed by atoms with E-state index >= 15 is 0 Å². The summed E-state index contributed by atoms with van der Waals surface area (Å²) in [6.07, 6.45) is -0.220. The first-order chi connectivity index (χ1) is 9.64. The lowest BCUT2D eigenvalue weighted by Gasteiger charge is -1.96. The number of carbonyl (C=O) groups is 1. The fourth-order valence-corrected chi connectivity index (χ4v) is 0.316. The van der Waals surface area contributed by atoms with Crippen LogP contribution in [-0.4, -0.2) is 73.4 Å². The van der Waals surface area contributed by atoms with Gasteiger partial charge in [-0.3, -0.25) is 0 Å². The average Bonchev–Trinajstić information content (AvgIpc) is 2.39. The fourth-order valence-electron chi connectivity index (χ4n) is 0.316. The maximum absolute atomic E-state index is 9.45. The van der Waals surface area contributed by atoms with Crippen molar-refractivity contribution in [3.8, 4) is 0 Å². The molecule has 0 fully saturated rings. The number of aliphatic hydroxyl groups excluding tert-OH is 5. The SMILES string of the molecule is C=CC.CC(O)C(=O)O.CCCC(O)O.OCC(O)CO. The van der Waals surface area contributed by atoms with Crippen molar-refractivity contribution in [2.75, 3.05) is 13.2 Å². The normalized spacial score (nSPS) is 10.2.